The van der Waals surface area contributed by atoms with Gasteiger partial charge in [0.05, 0.1) is 0 Å². The van der Waals surface area contributed by atoms with Crippen LogP contribution in [0.5, 0.6) is 11.5 Å². The quantitative estimate of drug-likeness (QED) is 0.411. The molecule has 0 spiro atoms. The van der Waals surface area contributed by atoms with E-state index in [2.05, 4.69) is 13.8 Å². The van der Waals surface area contributed by atoms with Crippen molar-refractivity contribution in [3.05, 3.63) is 24.3 Å². The molecule has 0 aliphatic rings. The molecule has 0 atom stereocenters. The number of unbranched alkanes of at least 4 members (excludes halogenated alkanes) is 4. The second-order valence-electron chi connectivity index (χ2n) is 5.22. The van der Waals surface area contributed by atoms with E-state index in [1.165, 1.54) is 24.3 Å². The number of hydrogen-bond donors (Lipinski definition) is 4. The fourth-order valence-corrected chi connectivity index (χ4v) is 1.51. The van der Waals surface area contributed by atoms with Crippen LogP contribution in [0.4, 0.5) is 0 Å². The van der Waals surface area contributed by atoms with Crippen molar-refractivity contribution in [2.75, 3.05) is 0 Å². The number of benzene rings is 1. The maximum absolute atomic E-state index is 9.87. The van der Waals surface area contributed by atoms with E-state index in [0.29, 0.717) is 12.8 Å². The van der Waals surface area contributed by atoms with Crippen LogP contribution in [0.1, 0.15) is 65.2 Å². The van der Waals surface area contributed by atoms with Crippen LogP contribution in [0.2, 0.25) is 0 Å². The van der Waals surface area contributed by atoms with Crippen LogP contribution in [0.3, 0.4) is 0 Å². The standard InChI is InChI=1S/C6H6O2.2C6H12O2/c7-5-1-2-6(8)4-3-5;2*1-2-3-4-5-6(7)8/h1-4,7-8H;2*2-5H2,1H3,(H,7,8). The van der Waals surface area contributed by atoms with Gasteiger partial charge in [0.2, 0.25) is 0 Å². The Morgan fingerprint density at radius 3 is 1.21 bits per heavy atom. The van der Waals surface area contributed by atoms with Gasteiger partial charge in [-0.05, 0) is 37.1 Å². The fraction of sp³-hybridized carbons (Fsp3) is 0.556. The number of phenolic OH excluding ortho intramolecular Hbond substituents is 2. The molecule has 1 aromatic rings. The van der Waals surface area contributed by atoms with Crippen molar-refractivity contribution in [1.29, 1.82) is 0 Å². The number of carbonyl (C=O) groups is 2. The third kappa shape index (κ3) is 22.0. The van der Waals surface area contributed by atoms with Gasteiger partial charge in [0, 0.05) is 12.8 Å². The average Bonchev–Trinajstić information content (AvgIpc) is 2.51. The maximum atomic E-state index is 9.87. The highest BCUT2D eigenvalue weighted by Gasteiger charge is 1.93. The summed E-state index contributed by atoms with van der Waals surface area (Å²) in [6, 6.07) is 5.70. The summed E-state index contributed by atoms with van der Waals surface area (Å²) in [4.78, 5) is 19.7. The van der Waals surface area contributed by atoms with Crippen molar-refractivity contribution < 1.29 is 30.0 Å². The van der Waals surface area contributed by atoms with Crippen molar-refractivity contribution in [3.8, 4) is 11.5 Å². The first-order valence-electron chi connectivity index (χ1n) is 8.25. The van der Waals surface area contributed by atoms with Gasteiger partial charge in [-0.25, -0.2) is 0 Å². The average molecular weight is 342 g/mol. The lowest BCUT2D eigenvalue weighted by Crippen LogP contribution is -1.92. The van der Waals surface area contributed by atoms with E-state index in [1.54, 1.807) is 0 Å². The monoisotopic (exact) mass is 342 g/mol. The van der Waals surface area contributed by atoms with Crippen LogP contribution >= 0.6 is 0 Å². The van der Waals surface area contributed by atoms with Crippen molar-refractivity contribution >= 4 is 11.9 Å². The Morgan fingerprint density at radius 2 is 1.00 bits per heavy atom. The molecule has 4 N–H and O–H groups in total. The lowest BCUT2D eigenvalue weighted by Gasteiger charge is -1.89. The van der Waals surface area contributed by atoms with E-state index in [4.69, 9.17) is 20.4 Å². The van der Waals surface area contributed by atoms with E-state index in [0.717, 1.165) is 38.5 Å². The molecule has 0 heterocycles. The van der Waals surface area contributed by atoms with Crippen molar-refractivity contribution in [2.45, 2.75) is 65.2 Å². The highest BCUT2D eigenvalue weighted by Crippen LogP contribution is 2.13. The molecule has 138 valence electrons. The molecule has 6 heteroatoms. The fourth-order valence-electron chi connectivity index (χ4n) is 1.51. The Bertz CT molecular complexity index is 387. The zero-order valence-electron chi connectivity index (χ0n) is 14.6. The molecule has 0 fully saturated rings. The highest BCUT2D eigenvalue weighted by atomic mass is 16.4. The lowest BCUT2D eigenvalue weighted by atomic mass is 10.2. The molecule has 1 aromatic carbocycles. The third-order valence-electron chi connectivity index (χ3n) is 2.84. The zero-order chi connectivity index (χ0) is 18.8. The van der Waals surface area contributed by atoms with E-state index < -0.39 is 11.9 Å². The zero-order valence-corrected chi connectivity index (χ0v) is 14.6. The molecule has 6 nitrogen and oxygen atoms in total. The van der Waals surface area contributed by atoms with E-state index >= 15 is 0 Å². The molecular formula is C18H30O6. The van der Waals surface area contributed by atoms with Gasteiger partial charge in [-0.2, -0.15) is 0 Å². The number of carboxylic acid groups (broad SMARTS) is 2. The number of aromatic hydroxyl groups is 2. The van der Waals surface area contributed by atoms with E-state index in [1.807, 2.05) is 0 Å². The predicted molar refractivity (Wildman–Crippen MR) is 93.3 cm³/mol. The summed E-state index contributed by atoms with van der Waals surface area (Å²) >= 11 is 0. The van der Waals surface area contributed by atoms with Crippen molar-refractivity contribution in [1.82, 2.24) is 0 Å². The Hall–Kier alpha value is -2.24. The van der Waals surface area contributed by atoms with Crippen LogP contribution in [-0.4, -0.2) is 32.4 Å². The molecule has 0 bridgehead atoms. The first-order chi connectivity index (χ1) is 11.3. The van der Waals surface area contributed by atoms with Gasteiger partial charge in [-0.3, -0.25) is 9.59 Å². The summed E-state index contributed by atoms with van der Waals surface area (Å²) < 4.78 is 0. The number of hydrogen-bond acceptors (Lipinski definition) is 4. The topological polar surface area (TPSA) is 115 Å². The van der Waals surface area contributed by atoms with Gasteiger partial charge in [-0.1, -0.05) is 39.5 Å². The molecule has 24 heavy (non-hydrogen) atoms. The Morgan fingerprint density at radius 1 is 0.708 bits per heavy atom. The molecule has 0 saturated carbocycles. The summed E-state index contributed by atoms with van der Waals surface area (Å²) in [5.74, 6) is -1.03. The van der Waals surface area contributed by atoms with Gasteiger partial charge < -0.3 is 20.4 Å². The minimum Gasteiger partial charge on any atom is -0.508 e. The van der Waals surface area contributed by atoms with Crippen molar-refractivity contribution in [3.63, 3.8) is 0 Å². The second-order valence-corrected chi connectivity index (χ2v) is 5.22. The molecule has 0 aliphatic carbocycles. The molecule has 0 unspecified atom stereocenters. The van der Waals surface area contributed by atoms with Crippen LogP contribution in [-0.2, 0) is 9.59 Å². The maximum Gasteiger partial charge on any atom is 0.303 e. The van der Waals surface area contributed by atoms with Gasteiger partial charge >= 0.3 is 11.9 Å². The normalized spacial score (nSPS) is 9.08. The minimum absolute atomic E-state index is 0.169. The Kier molecular flexibility index (Phi) is 17.1. The summed E-state index contributed by atoms with van der Waals surface area (Å²) in [7, 11) is 0. The number of phenols is 2. The minimum atomic E-state index is -0.682. The van der Waals surface area contributed by atoms with Crippen LogP contribution < -0.4 is 0 Å². The summed E-state index contributed by atoms with van der Waals surface area (Å²) in [5.41, 5.74) is 0. The first-order valence-corrected chi connectivity index (χ1v) is 8.25. The van der Waals surface area contributed by atoms with Crippen LogP contribution in [0.15, 0.2) is 24.3 Å². The Labute approximate surface area is 143 Å². The SMILES string of the molecule is CCCCCC(=O)O.CCCCCC(=O)O.Oc1ccc(O)cc1. The van der Waals surface area contributed by atoms with Crippen LogP contribution in [0.25, 0.3) is 0 Å². The molecule has 1 rings (SSSR count). The van der Waals surface area contributed by atoms with Gasteiger partial charge in [0.25, 0.3) is 0 Å². The van der Waals surface area contributed by atoms with Gasteiger partial charge in [0.1, 0.15) is 11.5 Å². The highest BCUT2D eigenvalue weighted by molar-refractivity contribution is 5.66. The summed E-state index contributed by atoms with van der Waals surface area (Å²) in [6.07, 6.45) is 6.55. The second kappa shape index (κ2) is 17.1. The van der Waals surface area contributed by atoms with Gasteiger partial charge in [0.15, 0.2) is 0 Å². The Balaban J connectivity index is 0. The predicted octanol–water partition coefficient (Wildman–Crippen LogP) is 4.40. The van der Waals surface area contributed by atoms with Crippen LogP contribution in [0, 0.1) is 0 Å². The van der Waals surface area contributed by atoms with E-state index in [9.17, 15) is 9.59 Å². The summed E-state index contributed by atoms with van der Waals surface area (Å²) in [6.45, 7) is 4.11. The molecular weight excluding hydrogens is 312 g/mol. The molecule has 0 saturated heterocycles. The van der Waals surface area contributed by atoms with Crippen molar-refractivity contribution in [2.24, 2.45) is 0 Å². The number of carboxylic acids is 2. The molecule has 0 radical (unpaired) electrons. The first kappa shape index (κ1) is 24.0. The van der Waals surface area contributed by atoms with Gasteiger partial charge in [-0.15, -0.1) is 0 Å². The summed E-state index contributed by atoms with van der Waals surface area (Å²) in [5, 5.41) is 33.6. The third-order valence-corrected chi connectivity index (χ3v) is 2.84. The molecule has 0 aromatic heterocycles. The number of rotatable bonds is 8. The number of aliphatic carboxylic acids is 2. The molecule has 0 aliphatic heterocycles. The molecule has 0 amide bonds. The van der Waals surface area contributed by atoms with E-state index in [-0.39, 0.29) is 11.5 Å². The smallest absolute Gasteiger partial charge is 0.303 e. The largest absolute Gasteiger partial charge is 0.508 e. The lowest BCUT2D eigenvalue weighted by molar-refractivity contribution is -0.138.